The van der Waals surface area contributed by atoms with Crippen molar-refractivity contribution in [3.63, 3.8) is 0 Å². The van der Waals surface area contributed by atoms with Crippen LogP contribution in [0, 0.1) is 35.5 Å². The zero-order valence-corrected chi connectivity index (χ0v) is 12.1. The summed E-state index contributed by atoms with van der Waals surface area (Å²) in [4.78, 5) is 0. The van der Waals surface area contributed by atoms with Gasteiger partial charge in [-0.25, -0.2) is 0 Å². The molecule has 4 aliphatic carbocycles. The van der Waals surface area contributed by atoms with Crippen LogP contribution in [0.3, 0.4) is 0 Å². The molecular formula is C17H26O2. The van der Waals surface area contributed by atoms with Crippen molar-refractivity contribution in [1.82, 2.24) is 0 Å². The van der Waals surface area contributed by atoms with Gasteiger partial charge >= 0.3 is 0 Å². The van der Waals surface area contributed by atoms with Gasteiger partial charge in [-0.15, -0.1) is 0 Å². The van der Waals surface area contributed by atoms with Gasteiger partial charge in [-0.05, 0) is 68.1 Å². The molecule has 4 aliphatic rings. The highest BCUT2D eigenvalue weighted by Crippen LogP contribution is 2.65. The van der Waals surface area contributed by atoms with Gasteiger partial charge in [0, 0.05) is 6.61 Å². The Hall–Kier alpha value is -0.340. The van der Waals surface area contributed by atoms with Crippen LogP contribution in [0.1, 0.15) is 39.5 Å². The normalized spacial score (nSPS) is 50.9. The van der Waals surface area contributed by atoms with Crippen molar-refractivity contribution in [2.24, 2.45) is 35.5 Å². The first-order valence-electron chi connectivity index (χ1n) is 8.23. The third kappa shape index (κ3) is 1.83. The summed E-state index contributed by atoms with van der Waals surface area (Å²) in [5.74, 6) is 5.51. The molecule has 0 amide bonds. The molecule has 19 heavy (non-hydrogen) atoms. The average molecular weight is 262 g/mol. The first-order valence-corrected chi connectivity index (χ1v) is 8.23. The molecule has 0 N–H and O–H groups in total. The largest absolute Gasteiger partial charge is 0.353 e. The monoisotopic (exact) mass is 262 g/mol. The first kappa shape index (κ1) is 12.4. The van der Waals surface area contributed by atoms with E-state index >= 15 is 0 Å². The van der Waals surface area contributed by atoms with E-state index in [1.807, 2.05) is 0 Å². The van der Waals surface area contributed by atoms with Crippen molar-refractivity contribution in [1.29, 1.82) is 0 Å². The summed E-state index contributed by atoms with van der Waals surface area (Å²) in [5.41, 5.74) is 0. The predicted molar refractivity (Wildman–Crippen MR) is 74.5 cm³/mol. The Labute approximate surface area is 116 Å². The molecular weight excluding hydrogens is 236 g/mol. The van der Waals surface area contributed by atoms with E-state index in [0.29, 0.717) is 6.10 Å². The van der Waals surface area contributed by atoms with Crippen LogP contribution in [0.5, 0.6) is 0 Å². The number of hydrogen-bond acceptors (Lipinski definition) is 2. The summed E-state index contributed by atoms with van der Waals surface area (Å²) in [5, 5.41) is 0. The average Bonchev–Trinajstić information content (AvgIpc) is 3.13. The fourth-order valence-electron chi connectivity index (χ4n) is 5.68. The fraction of sp³-hybridized carbons (Fsp3) is 0.882. The Kier molecular flexibility index (Phi) is 3.00. The molecule has 0 aliphatic heterocycles. The molecule has 2 nitrogen and oxygen atoms in total. The Morgan fingerprint density at radius 1 is 1.11 bits per heavy atom. The highest BCUT2D eigenvalue weighted by molar-refractivity contribution is 5.21. The first-order chi connectivity index (χ1) is 9.28. The van der Waals surface area contributed by atoms with E-state index in [4.69, 9.17) is 9.47 Å². The zero-order chi connectivity index (χ0) is 13.0. The van der Waals surface area contributed by atoms with Gasteiger partial charge in [0.15, 0.2) is 6.29 Å². The van der Waals surface area contributed by atoms with Crippen LogP contribution in [-0.4, -0.2) is 19.0 Å². The van der Waals surface area contributed by atoms with Crippen LogP contribution in [0.4, 0.5) is 0 Å². The summed E-state index contributed by atoms with van der Waals surface area (Å²) >= 11 is 0. The lowest BCUT2D eigenvalue weighted by Gasteiger charge is -2.37. The molecule has 0 aromatic carbocycles. The Balaban J connectivity index is 1.41. The minimum absolute atomic E-state index is 0.0168. The van der Waals surface area contributed by atoms with Gasteiger partial charge in [-0.1, -0.05) is 19.1 Å². The molecule has 4 rings (SSSR count). The van der Waals surface area contributed by atoms with Gasteiger partial charge < -0.3 is 9.47 Å². The van der Waals surface area contributed by atoms with Crippen molar-refractivity contribution in [2.45, 2.75) is 51.9 Å². The van der Waals surface area contributed by atoms with Crippen LogP contribution < -0.4 is 0 Å². The summed E-state index contributed by atoms with van der Waals surface area (Å²) < 4.78 is 11.9. The number of fused-ring (bicyclic) bond motifs is 9. The van der Waals surface area contributed by atoms with Crippen molar-refractivity contribution >= 4 is 0 Å². The Morgan fingerprint density at radius 2 is 1.89 bits per heavy atom. The van der Waals surface area contributed by atoms with Gasteiger partial charge in [0.05, 0.1) is 6.10 Å². The van der Waals surface area contributed by atoms with Crippen LogP contribution in [-0.2, 0) is 9.47 Å². The van der Waals surface area contributed by atoms with Crippen LogP contribution >= 0.6 is 0 Å². The maximum Gasteiger partial charge on any atom is 0.155 e. The molecule has 0 radical (unpaired) electrons. The van der Waals surface area contributed by atoms with Crippen molar-refractivity contribution < 1.29 is 9.47 Å². The SMILES string of the molecule is CCCOC(C)OC1CC2CC1C1C3C=CC(C3)C21. The number of ether oxygens (including phenoxy) is 2. The molecule has 3 fully saturated rings. The zero-order valence-electron chi connectivity index (χ0n) is 12.1. The molecule has 0 aromatic heterocycles. The summed E-state index contributed by atoms with van der Waals surface area (Å²) in [7, 11) is 0. The highest BCUT2D eigenvalue weighted by atomic mass is 16.7. The van der Waals surface area contributed by atoms with Crippen LogP contribution in [0.15, 0.2) is 12.2 Å². The van der Waals surface area contributed by atoms with Crippen molar-refractivity contribution in [3.8, 4) is 0 Å². The number of allylic oxidation sites excluding steroid dienone is 2. The second-order valence-electron chi connectivity index (χ2n) is 7.11. The third-order valence-electron chi connectivity index (χ3n) is 6.13. The Bertz CT molecular complexity index is 377. The Morgan fingerprint density at radius 3 is 2.68 bits per heavy atom. The molecule has 4 bridgehead atoms. The lowest BCUT2D eigenvalue weighted by atomic mass is 9.72. The molecule has 8 unspecified atom stereocenters. The second kappa shape index (κ2) is 4.60. The molecule has 2 heteroatoms. The van der Waals surface area contributed by atoms with E-state index in [9.17, 15) is 0 Å². The fourth-order valence-corrected chi connectivity index (χ4v) is 5.68. The molecule has 106 valence electrons. The summed E-state index contributed by atoms with van der Waals surface area (Å²) in [6, 6.07) is 0. The van der Waals surface area contributed by atoms with E-state index in [2.05, 4.69) is 26.0 Å². The van der Waals surface area contributed by atoms with Gasteiger partial charge in [-0.3, -0.25) is 0 Å². The molecule has 0 spiro atoms. The van der Waals surface area contributed by atoms with Gasteiger partial charge in [-0.2, -0.15) is 0 Å². The minimum atomic E-state index is -0.0168. The third-order valence-corrected chi connectivity index (χ3v) is 6.13. The summed E-state index contributed by atoms with van der Waals surface area (Å²) in [6.07, 6.45) is 10.7. The second-order valence-corrected chi connectivity index (χ2v) is 7.11. The molecule has 8 atom stereocenters. The molecule has 0 heterocycles. The van der Waals surface area contributed by atoms with Gasteiger partial charge in [0.2, 0.25) is 0 Å². The number of rotatable bonds is 5. The molecule has 0 aromatic rings. The molecule has 0 saturated heterocycles. The van der Waals surface area contributed by atoms with E-state index < -0.39 is 0 Å². The van der Waals surface area contributed by atoms with Gasteiger partial charge in [0.25, 0.3) is 0 Å². The summed E-state index contributed by atoms with van der Waals surface area (Å²) in [6.45, 7) is 5.04. The maximum atomic E-state index is 6.22. The predicted octanol–water partition coefficient (Wildman–Crippen LogP) is 3.62. The van der Waals surface area contributed by atoms with Gasteiger partial charge in [0.1, 0.15) is 0 Å². The lowest BCUT2D eigenvalue weighted by molar-refractivity contribution is -0.178. The van der Waals surface area contributed by atoms with Crippen LogP contribution in [0.2, 0.25) is 0 Å². The van der Waals surface area contributed by atoms with E-state index in [-0.39, 0.29) is 6.29 Å². The van der Waals surface area contributed by atoms with Crippen molar-refractivity contribution in [3.05, 3.63) is 12.2 Å². The van der Waals surface area contributed by atoms with Crippen molar-refractivity contribution in [2.75, 3.05) is 6.61 Å². The number of hydrogen-bond donors (Lipinski definition) is 0. The standard InChI is InChI=1S/C17H26O2/c1-3-6-18-10(2)19-15-9-13-8-14(15)17-12-5-4-11(7-12)16(13)17/h4-5,10-17H,3,6-9H2,1-2H3. The lowest BCUT2D eigenvalue weighted by Crippen LogP contribution is -2.37. The van der Waals surface area contributed by atoms with E-state index in [1.54, 1.807) is 0 Å². The maximum absolute atomic E-state index is 6.22. The van der Waals surface area contributed by atoms with Crippen LogP contribution in [0.25, 0.3) is 0 Å². The van der Waals surface area contributed by atoms with E-state index in [0.717, 1.165) is 48.5 Å². The smallest absolute Gasteiger partial charge is 0.155 e. The van der Waals surface area contributed by atoms with E-state index in [1.165, 1.54) is 19.3 Å². The quantitative estimate of drug-likeness (QED) is 0.428. The minimum Gasteiger partial charge on any atom is -0.353 e. The topological polar surface area (TPSA) is 18.5 Å². The highest BCUT2D eigenvalue weighted by Gasteiger charge is 2.61. The molecule has 3 saturated carbocycles.